The second-order valence-electron chi connectivity index (χ2n) is 4.64. The van der Waals surface area contributed by atoms with Gasteiger partial charge in [0, 0.05) is 16.7 Å². The summed E-state index contributed by atoms with van der Waals surface area (Å²) in [6.07, 6.45) is 1.27. The van der Waals surface area contributed by atoms with Crippen LogP contribution in [0.25, 0.3) is 0 Å². The van der Waals surface area contributed by atoms with Crippen LogP contribution in [0.2, 0.25) is 0 Å². The molecule has 1 aromatic rings. The molecular formula is C13H17BrN2O2. The fourth-order valence-corrected chi connectivity index (χ4v) is 3.10. The lowest BCUT2D eigenvalue weighted by Gasteiger charge is -2.25. The van der Waals surface area contributed by atoms with Crippen molar-refractivity contribution in [3.63, 3.8) is 0 Å². The molecule has 0 aliphatic carbocycles. The molecule has 0 radical (unpaired) electrons. The van der Waals surface area contributed by atoms with Gasteiger partial charge in [-0.3, -0.25) is 4.79 Å². The van der Waals surface area contributed by atoms with E-state index in [2.05, 4.69) is 15.9 Å². The average molecular weight is 313 g/mol. The van der Waals surface area contributed by atoms with Gasteiger partial charge < -0.3 is 15.7 Å². The van der Waals surface area contributed by atoms with Gasteiger partial charge in [-0.05, 0) is 37.5 Å². The number of anilines is 1. The molecule has 1 amide bonds. The highest BCUT2D eigenvalue weighted by atomic mass is 79.9. The summed E-state index contributed by atoms with van der Waals surface area (Å²) in [6.45, 7) is 2.57. The number of rotatable bonds is 3. The van der Waals surface area contributed by atoms with Gasteiger partial charge in [0.15, 0.2) is 0 Å². The van der Waals surface area contributed by atoms with Crippen molar-refractivity contribution in [1.82, 2.24) is 0 Å². The minimum Gasteiger partial charge on any atom is -0.389 e. The summed E-state index contributed by atoms with van der Waals surface area (Å²) in [4.78, 5) is 13.4. The maximum Gasteiger partial charge on any atom is 0.240 e. The van der Waals surface area contributed by atoms with Gasteiger partial charge in [0.05, 0.1) is 6.10 Å². The normalized spacial score (nSPS) is 21.1. The predicted molar refractivity (Wildman–Crippen MR) is 74.3 cm³/mol. The average Bonchev–Trinajstić information content (AvgIpc) is 2.77. The van der Waals surface area contributed by atoms with Crippen molar-refractivity contribution in [3.8, 4) is 0 Å². The van der Waals surface area contributed by atoms with Crippen molar-refractivity contribution in [2.75, 3.05) is 11.4 Å². The van der Waals surface area contributed by atoms with Gasteiger partial charge in [-0.2, -0.15) is 0 Å². The topological polar surface area (TPSA) is 66.6 Å². The number of amides is 1. The highest BCUT2D eigenvalue weighted by Gasteiger charge is 2.29. The van der Waals surface area contributed by atoms with Gasteiger partial charge in [-0.1, -0.05) is 22.0 Å². The van der Waals surface area contributed by atoms with Crippen LogP contribution in [-0.2, 0) is 4.79 Å². The largest absolute Gasteiger partial charge is 0.389 e. The summed E-state index contributed by atoms with van der Waals surface area (Å²) in [5, 5.41) is 9.58. The second kappa shape index (κ2) is 5.28. The van der Waals surface area contributed by atoms with Crippen molar-refractivity contribution in [1.29, 1.82) is 0 Å². The number of carbonyl (C=O) groups is 1. The molecule has 2 atom stereocenters. The summed E-state index contributed by atoms with van der Waals surface area (Å²) < 4.78 is 0.852. The highest BCUT2D eigenvalue weighted by molar-refractivity contribution is 9.10. The summed E-state index contributed by atoms with van der Waals surface area (Å²) >= 11 is 3.45. The number of aliphatic hydroxyl groups excluding tert-OH is 1. The number of nitrogens with zero attached hydrogens (tertiary/aromatic N) is 1. The lowest BCUT2D eigenvalue weighted by Crippen LogP contribution is -2.40. The Balaban J connectivity index is 2.29. The van der Waals surface area contributed by atoms with Gasteiger partial charge in [-0.15, -0.1) is 0 Å². The Bertz CT molecular complexity index is 462. The predicted octanol–water partition coefficient (Wildman–Crippen LogP) is 1.96. The van der Waals surface area contributed by atoms with Gasteiger partial charge >= 0.3 is 0 Å². The number of hydrogen-bond donors (Lipinski definition) is 2. The third-order valence-electron chi connectivity index (χ3n) is 3.35. The zero-order valence-corrected chi connectivity index (χ0v) is 11.9. The van der Waals surface area contributed by atoms with Crippen LogP contribution >= 0.6 is 15.9 Å². The SMILES string of the molecule is CC(O)c1ccc(N2CCCC2C(N)=O)cc1Br. The molecule has 0 bridgehead atoms. The van der Waals surface area contributed by atoms with E-state index in [1.54, 1.807) is 6.92 Å². The second-order valence-corrected chi connectivity index (χ2v) is 5.49. The van der Waals surface area contributed by atoms with E-state index >= 15 is 0 Å². The van der Waals surface area contributed by atoms with Gasteiger partial charge in [0.25, 0.3) is 0 Å². The Morgan fingerprint density at radius 2 is 2.33 bits per heavy atom. The van der Waals surface area contributed by atoms with Crippen molar-refractivity contribution >= 4 is 27.5 Å². The fourth-order valence-electron chi connectivity index (χ4n) is 2.41. The van der Waals surface area contributed by atoms with Crippen molar-refractivity contribution in [2.24, 2.45) is 5.73 Å². The monoisotopic (exact) mass is 312 g/mol. The van der Waals surface area contributed by atoms with E-state index in [9.17, 15) is 9.90 Å². The molecular weight excluding hydrogens is 296 g/mol. The Morgan fingerprint density at radius 3 is 2.89 bits per heavy atom. The van der Waals surface area contributed by atoms with Crippen molar-refractivity contribution in [2.45, 2.75) is 31.9 Å². The van der Waals surface area contributed by atoms with Crippen LogP contribution in [0.1, 0.15) is 31.4 Å². The summed E-state index contributed by atoms with van der Waals surface area (Å²) in [5.41, 5.74) is 7.22. The van der Waals surface area contributed by atoms with Crippen molar-refractivity contribution < 1.29 is 9.90 Å². The van der Waals surface area contributed by atoms with Crippen LogP contribution in [0.5, 0.6) is 0 Å². The zero-order valence-electron chi connectivity index (χ0n) is 10.3. The molecule has 5 heteroatoms. The van der Waals surface area contributed by atoms with Gasteiger partial charge in [-0.25, -0.2) is 0 Å². The minimum absolute atomic E-state index is 0.214. The first-order valence-corrected chi connectivity index (χ1v) is 6.83. The maximum absolute atomic E-state index is 11.4. The van der Waals surface area contributed by atoms with Crippen LogP contribution in [-0.4, -0.2) is 23.6 Å². The van der Waals surface area contributed by atoms with E-state index in [1.165, 1.54) is 0 Å². The zero-order chi connectivity index (χ0) is 13.3. The first-order chi connectivity index (χ1) is 8.50. The van der Waals surface area contributed by atoms with E-state index < -0.39 is 6.10 Å². The van der Waals surface area contributed by atoms with Gasteiger partial charge in [0.1, 0.15) is 6.04 Å². The third kappa shape index (κ3) is 2.52. The molecule has 1 aliphatic heterocycles. The van der Waals surface area contributed by atoms with Crippen LogP contribution in [0.3, 0.4) is 0 Å². The number of hydrogen-bond acceptors (Lipinski definition) is 3. The van der Waals surface area contributed by atoms with Crippen LogP contribution in [0.15, 0.2) is 22.7 Å². The fraction of sp³-hybridized carbons (Fsp3) is 0.462. The molecule has 1 heterocycles. The molecule has 4 nitrogen and oxygen atoms in total. The summed E-state index contributed by atoms with van der Waals surface area (Å²) in [5.74, 6) is -0.275. The smallest absolute Gasteiger partial charge is 0.240 e. The standard InChI is InChI=1S/C13H17BrN2O2/c1-8(17)10-5-4-9(7-11(10)14)16-6-2-3-12(16)13(15)18/h4-5,7-8,12,17H,2-3,6H2,1H3,(H2,15,18). The van der Waals surface area contributed by atoms with E-state index in [0.29, 0.717) is 0 Å². The molecule has 2 rings (SSSR count). The number of benzene rings is 1. The van der Waals surface area contributed by atoms with Crippen LogP contribution in [0, 0.1) is 0 Å². The first-order valence-electron chi connectivity index (χ1n) is 6.04. The van der Waals surface area contributed by atoms with E-state index in [0.717, 1.165) is 35.1 Å². The molecule has 98 valence electrons. The van der Waals surface area contributed by atoms with Crippen LogP contribution < -0.4 is 10.6 Å². The Labute approximate surface area is 115 Å². The van der Waals surface area contributed by atoms with E-state index in [4.69, 9.17) is 5.73 Å². The molecule has 0 spiro atoms. The number of nitrogens with two attached hydrogens (primary N) is 1. The van der Waals surface area contributed by atoms with Crippen molar-refractivity contribution in [3.05, 3.63) is 28.2 Å². The third-order valence-corrected chi connectivity index (χ3v) is 4.03. The number of primary amides is 1. The number of aliphatic hydroxyl groups is 1. The van der Waals surface area contributed by atoms with Gasteiger partial charge in [0.2, 0.25) is 5.91 Å². The Morgan fingerprint density at radius 1 is 1.61 bits per heavy atom. The molecule has 1 aromatic carbocycles. The quantitative estimate of drug-likeness (QED) is 0.896. The lowest BCUT2D eigenvalue weighted by atomic mass is 10.1. The van der Waals surface area contributed by atoms with Crippen LogP contribution in [0.4, 0.5) is 5.69 Å². The molecule has 18 heavy (non-hydrogen) atoms. The Kier molecular flexibility index (Phi) is 3.92. The molecule has 1 saturated heterocycles. The molecule has 0 aromatic heterocycles. The lowest BCUT2D eigenvalue weighted by molar-refractivity contribution is -0.119. The highest BCUT2D eigenvalue weighted by Crippen LogP contribution is 2.31. The molecule has 2 unspecified atom stereocenters. The molecule has 3 N–H and O–H groups in total. The molecule has 0 saturated carbocycles. The summed E-state index contributed by atoms with van der Waals surface area (Å²) in [7, 11) is 0. The summed E-state index contributed by atoms with van der Waals surface area (Å²) in [6, 6.07) is 5.52. The number of carbonyl (C=O) groups excluding carboxylic acids is 1. The maximum atomic E-state index is 11.4. The first kappa shape index (κ1) is 13.4. The molecule has 1 aliphatic rings. The van der Waals surface area contributed by atoms with E-state index in [-0.39, 0.29) is 11.9 Å². The molecule has 1 fully saturated rings. The van der Waals surface area contributed by atoms with E-state index in [1.807, 2.05) is 23.1 Å². The minimum atomic E-state index is -0.515. The Hall–Kier alpha value is -1.07. The number of halogens is 1.